The van der Waals surface area contributed by atoms with Crippen LogP contribution in [0.25, 0.3) is 28.2 Å². The van der Waals surface area contributed by atoms with Gasteiger partial charge in [0.1, 0.15) is 5.75 Å². The summed E-state index contributed by atoms with van der Waals surface area (Å²) in [7, 11) is 0. The third-order valence-electron chi connectivity index (χ3n) is 4.16. The highest BCUT2D eigenvalue weighted by Crippen LogP contribution is 2.25. The van der Waals surface area contributed by atoms with Crippen LogP contribution in [0, 0.1) is 0 Å². The molecule has 4 aromatic rings. The molecule has 0 saturated heterocycles. The quantitative estimate of drug-likeness (QED) is 0.595. The van der Waals surface area contributed by atoms with E-state index in [4.69, 9.17) is 5.73 Å². The number of nitrogens with two attached hydrogens (primary N) is 1. The van der Waals surface area contributed by atoms with Crippen LogP contribution in [0.2, 0.25) is 0 Å². The highest BCUT2D eigenvalue weighted by Gasteiger charge is 2.09. The Bertz CT molecular complexity index is 1100. The van der Waals surface area contributed by atoms with E-state index in [0.717, 1.165) is 33.7 Å². The molecular weight excluding hydrogens is 328 g/mol. The van der Waals surface area contributed by atoms with Crippen LogP contribution in [0.4, 0.5) is 0 Å². The summed E-state index contributed by atoms with van der Waals surface area (Å²) in [6.45, 7) is 0. The maximum atomic E-state index is 11.2. The molecule has 0 fully saturated rings. The minimum absolute atomic E-state index is 0.194. The van der Waals surface area contributed by atoms with Crippen LogP contribution in [0.1, 0.15) is 5.56 Å². The molecule has 128 valence electrons. The number of carbonyl (C=O) groups excluding carboxylic acids is 1. The van der Waals surface area contributed by atoms with Crippen molar-refractivity contribution in [3.8, 4) is 28.3 Å². The van der Waals surface area contributed by atoms with Crippen LogP contribution in [0.15, 0.2) is 67.1 Å². The number of phenolic OH excluding ortho intramolecular Hbond substituents is 1. The first-order valence-corrected chi connectivity index (χ1v) is 8.10. The average molecular weight is 344 g/mol. The number of amides is 1. The molecule has 2 heterocycles. The molecule has 0 spiro atoms. The van der Waals surface area contributed by atoms with Crippen molar-refractivity contribution in [1.29, 1.82) is 0 Å². The molecule has 0 aliphatic heterocycles. The normalized spacial score (nSPS) is 10.9. The van der Waals surface area contributed by atoms with Crippen LogP contribution >= 0.6 is 0 Å². The van der Waals surface area contributed by atoms with Gasteiger partial charge in [-0.05, 0) is 35.9 Å². The van der Waals surface area contributed by atoms with E-state index in [9.17, 15) is 9.90 Å². The highest BCUT2D eigenvalue weighted by molar-refractivity contribution is 5.77. The van der Waals surface area contributed by atoms with E-state index in [1.807, 2.05) is 47.0 Å². The van der Waals surface area contributed by atoms with Crippen molar-refractivity contribution < 1.29 is 9.90 Å². The number of aromatic hydroxyl groups is 1. The number of imidazole rings is 1. The molecule has 2 aromatic heterocycles. The van der Waals surface area contributed by atoms with Gasteiger partial charge in [-0.15, -0.1) is 0 Å². The van der Waals surface area contributed by atoms with Crippen molar-refractivity contribution in [3.05, 3.63) is 72.7 Å². The van der Waals surface area contributed by atoms with Gasteiger partial charge in [0.2, 0.25) is 5.91 Å². The summed E-state index contributed by atoms with van der Waals surface area (Å²) in [4.78, 5) is 20.0. The van der Waals surface area contributed by atoms with Crippen molar-refractivity contribution in [2.45, 2.75) is 6.42 Å². The topological polar surface area (TPSA) is 93.5 Å². The second-order valence-corrected chi connectivity index (χ2v) is 6.03. The molecule has 0 atom stereocenters. The Hall–Kier alpha value is -3.67. The maximum Gasteiger partial charge on any atom is 0.221 e. The number of hydrogen-bond acceptors (Lipinski definition) is 4. The smallest absolute Gasteiger partial charge is 0.221 e. The van der Waals surface area contributed by atoms with Gasteiger partial charge >= 0.3 is 0 Å². The van der Waals surface area contributed by atoms with Crippen LogP contribution in [-0.4, -0.2) is 25.4 Å². The largest absolute Gasteiger partial charge is 0.508 e. The Kier molecular flexibility index (Phi) is 3.85. The summed E-state index contributed by atoms with van der Waals surface area (Å²) in [5, 5.41) is 9.48. The summed E-state index contributed by atoms with van der Waals surface area (Å²) >= 11 is 0. The molecule has 0 saturated carbocycles. The van der Waals surface area contributed by atoms with E-state index in [0.29, 0.717) is 0 Å². The van der Waals surface area contributed by atoms with Crippen LogP contribution in [0.3, 0.4) is 0 Å². The van der Waals surface area contributed by atoms with Crippen LogP contribution in [-0.2, 0) is 11.2 Å². The number of phenols is 1. The summed E-state index contributed by atoms with van der Waals surface area (Å²) in [6, 6.07) is 14.6. The second kappa shape index (κ2) is 6.33. The Balaban J connectivity index is 1.79. The van der Waals surface area contributed by atoms with Gasteiger partial charge in [-0.3, -0.25) is 14.2 Å². The van der Waals surface area contributed by atoms with Crippen LogP contribution < -0.4 is 5.73 Å². The monoisotopic (exact) mass is 344 g/mol. The number of fused-ring (bicyclic) bond motifs is 1. The molecule has 0 unspecified atom stereocenters. The number of carbonyl (C=O) groups is 1. The van der Waals surface area contributed by atoms with Gasteiger partial charge in [-0.25, -0.2) is 4.98 Å². The Morgan fingerprint density at radius 2 is 1.85 bits per heavy atom. The molecule has 0 bridgehead atoms. The number of primary amides is 1. The van der Waals surface area contributed by atoms with Crippen molar-refractivity contribution >= 4 is 11.6 Å². The molecule has 0 radical (unpaired) electrons. The minimum Gasteiger partial charge on any atom is -0.508 e. The third-order valence-corrected chi connectivity index (χ3v) is 4.16. The van der Waals surface area contributed by atoms with Gasteiger partial charge in [-0.1, -0.05) is 18.2 Å². The van der Waals surface area contributed by atoms with Crippen molar-refractivity contribution in [2.24, 2.45) is 5.73 Å². The zero-order valence-electron chi connectivity index (χ0n) is 13.8. The number of rotatable bonds is 4. The number of benzene rings is 2. The summed E-state index contributed by atoms with van der Waals surface area (Å²) < 4.78 is 1.95. The predicted octanol–water partition coefficient (Wildman–Crippen LogP) is 2.80. The molecule has 3 N–H and O–H groups in total. The lowest BCUT2D eigenvalue weighted by Crippen LogP contribution is -2.13. The molecule has 2 aromatic carbocycles. The summed E-state index contributed by atoms with van der Waals surface area (Å²) in [6.07, 6.45) is 5.59. The first-order chi connectivity index (χ1) is 12.6. The first kappa shape index (κ1) is 15.8. The van der Waals surface area contributed by atoms with Crippen LogP contribution in [0.5, 0.6) is 5.75 Å². The number of hydrogen-bond donors (Lipinski definition) is 2. The Labute approximate surface area is 149 Å². The SMILES string of the molecule is NC(=O)Cc1cccc(-c2cn3c(-c4ccc(O)cc4)cnc3cn2)c1. The van der Waals surface area contributed by atoms with E-state index in [2.05, 4.69) is 9.97 Å². The van der Waals surface area contributed by atoms with Gasteiger partial charge in [0.05, 0.1) is 30.2 Å². The Morgan fingerprint density at radius 1 is 1.04 bits per heavy atom. The number of nitrogens with zero attached hydrogens (tertiary/aromatic N) is 3. The standard InChI is InChI=1S/C20H16N4O2/c21-19(26)9-13-2-1-3-15(8-13)17-12-24-18(10-23-20(24)11-22-17)14-4-6-16(25)7-5-14/h1-8,10-12,25H,9H2,(H2,21,26). The summed E-state index contributed by atoms with van der Waals surface area (Å²) in [5.41, 5.74) is 10.4. The fourth-order valence-electron chi connectivity index (χ4n) is 2.93. The van der Waals surface area contributed by atoms with Crippen molar-refractivity contribution in [1.82, 2.24) is 14.4 Å². The van der Waals surface area contributed by atoms with E-state index in [1.54, 1.807) is 24.5 Å². The Morgan fingerprint density at radius 3 is 2.62 bits per heavy atom. The third kappa shape index (κ3) is 3.00. The average Bonchev–Trinajstić information content (AvgIpc) is 3.05. The predicted molar refractivity (Wildman–Crippen MR) is 98.4 cm³/mol. The zero-order valence-corrected chi connectivity index (χ0v) is 13.8. The lowest BCUT2D eigenvalue weighted by atomic mass is 10.1. The molecule has 26 heavy (non-hydrogen) atoms. The zero-order chi connectivity index (χ0) is 18.1. The number of aromatic nitrogens is 3. The lowest BCUT2D eigenvalue weighted by Gasteiger charge is -2.07. The molecule has 1 amide bonds. The molecule has 6 nitrogen and oxygen atoms in total. The summed E-state index contributed by atoms with van der Waals surface area (Å²) in [5.74, 6) is -0.147. The minimum atomic E-state index is -0.366. The lowest BCUT2D eigenvalue weighted by molar-refractivity contribution is -0.117. The highest BCUT2D eigenvalue weighted by atomic mass is 16.3. The van der Waals surface area contributed by atoms with Gasteiger partial charge in [0, 0.05) is 17.3 Å². The van der Waals surface area contributed by atoms with E-state index in [1.165, 1.54) is 0 Å². The van der Waals surface area contributed by atoms with E-state index >= 15 is 0 Å². The molecule has 4 rings (SSSR count). The molecule has 0 aliphatic carbocycles. The van der Waals surface area contributed by atoms with Gasteiger partial charge in [0.15, 0.2) is 5.65 Å². The molecular formula is C20H16N4O2. The van der Waals surface area contributed by atoms with E-state index in [-0.39, 0.29) is 18.1 Å². The van der Waals surface area contributed by atoms with Crippen molar-refractivity contribution in [2.75, 3.05) is 0 Å². The molecule has 0 aliphatic rings. The van der Waals surface area contributed by atoms with Gasteiger partial charge in [0.25, 0.3) is 0 Å². The van der Waals surface area contributed by atoms with E-state index < -0.39 is 0 Å². The first-order valence-electron chi connectivity index (χ1n) is 8.10. The maximum absolute atomic E-state index is 11.2. The van der Waals surface area contributed by atoms with Gasteiger partial charge in [-0.2, -0.15) is 0 Å². The van der Waals surface area contributed by atoms with Gasteiger partial charge < -0.3 is 10.8 Å². The fraction of sp³-hybridized carbons (Fsp3) is 0.0500. The second-order valence-electron chi connectivity index (χ2n) is 6.03. The van der Waals surface area contributed by atoms with Crippen molar-refractivity contribution in [3.63, 3.8) is 0 Å². The molecule has 6 heteroatoms. The fourth-order valence-corrected chi connectivity index (χ4v) is 2.93.